The fraction of sp³-hybridized carbons (Fsp3) is 0.364. The number of carboxylic acid groups (broad SMARTS) is 1. The predicted octanol–water partition coefficient (Wildman–Crippen LogP) is 2.73. The number of hydrogen-bond donors (Lipinski definition) is 1. The van der Waals surface area contributed by atoms with Crippen molar-refractivity contribution in [2.45, 2.75) is 19.0 Å². The summed E-state index contributed by atoms with van der Waals surface area (Å²) in [6.45, 7) is 0. The molecule has 0 unspecified atom stereocenters. The summed E-state index contributed by atoms with van der Waals surface area (Å²) in [5, 5.41) is 8.50. The highest BCUT2D eigenvalue weighted by atomic mass is 19.4. The van der Waals surface area contributed by atoms with E-state index in [0.717, 1.165) is 19.2 Å². The molecule has 0 saturated heterocycles. The standard InChI is InChI=1S/C11H11F3O3/c1-17-9-6-7(3-5-10(15)16)2-4-8(9)11(12,13)14/h2,4,6H,3,5H2,1H3,(H,15,16)/i6D. The molecule has 0 amide bonds. The number of halogens is 3. The van der Waals surface area contributed by atoms with E-state index in [2.05, 4.69) is 4.74 Å². The lowest BCUT2D eigenvalue weighted by Crippen LogP contribution is -2.08. The summed E-state index contributed by atoms with van der Waals surface area (Å²) in [6, 6.07) is 1.48. The molecular weight excluding hydrogens is 237 g/mol. The second kappa shape index (κ2) is 5.07. The van der Waals surface area contributed by atoms with E-state index in [9.17, 15) is 18.0 Å². The summed E-state index contributed by atoms with van der Waals surface area (Å²) in [4.78, 5) is 10.4. The van der Waals surface area contributed by atoms with Crippen LogP contribution in [0.25, 0.3) is 0 Å². The van der Waals surface area contributed by atoms with Gasteiger partial charge in [-0.3, -0.25) is 4.79 Å². The molecule has 1 aromatic carbocycles. The Bertz CT molecular complexity index is 458. The smallest absolute Gasteiger partial charge is 0.419 e. The van der Waals surface area contributed by atoms with E-state index in [0.29, 0.717) is 0 Å². The van der Waals surface area contributed by atoms with Crippen molar-refractivity contribution < 1.29 is 29.2 Å². The number of rotatable bonds is 4. The van der Waals surface area contributed by atoms with Gasteiger partial charge < -0.3 is 9.84 Å². The number of methoxy groups -OCH3 is 1. The Balaban J connectivity index is 3.16. The molecule has 0 spiro atoms. The number of aliphatic carboxylic acids is 1. The summed E-state index contributed by atoms with van der Waals surface area (Å²) in [5.74, 6) is -1.65. The first kappa shape index (κ1) is 11.8. The molecule has 0 radical (unpaired) electrons. The molecule has 0 aliphatic heterocycles. The van der Waals surface area contributed by atoms with Crippen molar-refractivity contribution >= 4 is 5.97 Å². The van der Waals surface area contributed by atoms with Gasteiger partial charge in [0.25, 0.3) is 0 Å². The van der Waals surface area contributed by atoms with Crippen LogP contribution in [0.2, 0.25) is 0 Å². The Morgan fingerprint density at radius 3 is 2.65 bits per heavy atom. The number of hydrogen-bond acceptors (Lipinski definition) is 2. The van der Waals surface area contributed by atoms with Gasteiger partial charge in [0.2, 0.25) is 0 Å². The van der Waals surface area contributed by atoms with Crippen LogP contribution in [0.3, 0.4) is 0 Å². The van der Waals surface area contributed by atoms with Gasteiger partial charge in [-0.1, -0.05) is 6.07 Å². The maximum absolute atomic E-state index is 12.6. The van der Waals surface area contributed by atoms with Crippen LogP contribution in [-0.2, 0) is 17.4 Å². The largest absolute Gasteiger partial charge is 0.496 e. The van der Waals surface area contributed by atoms with Gasteiger partial charge in [0, 0.05) is 6.42 Å². The zero-order valence-electron chi connectivity index (χ0n) is 9.97. The maximum atomic E-state index is 12.6. The molecule has 0 aromatic heterocycles. The van der Waals surface area contributed by atoms with E-state index in [1.165, 1.54) is 0 Å². The van der Waals surface area contributed by atoms with Gasteiger partial charge >= 0.3 is 12.1 Å². The fourth-order valence-corrected chi connectivity index (χ4v) is 1.29. The highest BCUT2D eigenvalue weighted by molar-refractivity contribution is 5.67. The van der Waals surface area contributed by atoms with Crippen molar-refractivity contribution in [3.8, 4) is 5.75 Å². The Kier molecular flexibility index (Phi) is 3.51. The van der Waals surface area contributed by atoms with E-state index >= 15 is 0 Å². The summed E-state index contributed by atoms with van der Waals surface area (Å²) in [7, 11) is 1.05. The van der Waals surface area contributed by atoms with Crippen LogP contribution >= 0.6 is 0 Å². The molecule has 1 rings (SSSR count). The van der Waals surface area contributed by atoms with Crippen molar-refractivity contribution in [2.24, 2.45) is 0 Å². The molecule has 0 bridgehead atoms. The summed E-state index contributed by atoms with van der Waals surface area (Å²) >= 11 is 0. The Morgan fingerprint density at radius 1 is 1.53 bits per heavy atom. The molecule has 0 saturated carbocycles. The van der Waals surface area contributed by atoms with Crippen molar-refractivity contribution in [3.05, 3.63) is 29.3 Å². The van der Waals surface area contributed by atoms with Crippen molar-refractivity contribution in [3.63, 3.8) is 0 Å². The van der Waals surface area contributed by atoms with Gasteiger partial charge in [0.1, 0.15) is 5.75 Å². The van der Waals surface area contributed by atoms with Gasteiger partial charge in [0.05, 0.1) is 14.0 Å². The summed E-state index contributed by atoms with van der Waals surface area (Å²) in [5.41, 5.74) is -0.823. The SMILES string of the molecule is [2H]c1c(CCC(=O)O)ccc(C(F)(F)F)c1OC. The first-order valence-corrected chi connectivity index (χ1v) is 4.72. The maximum Gasteiger partial charge on any atom is 0.419 e. The number of aryl methyl sites for hydroxylation is 1. The number of alkyl halides is 3. The van der Waals surface area contributed by atoms with E-state index in [1.54, 1.807) is 0 Å². The molecule has 1 N–H and O–H groups in total. The molecule has 0 heterocycles. The Morgan fingerprint density at radius 2 is 2.18 bits per heavy atom. The third kappa shape index (κ3) is 3.65. The number of carbonyl (C=O) groups is 1. The quantitative estimate of drug-likeness (QED) is 0.892. The molecule has 0 aliphatic carbocycles. The minimum Gasteiger partial charge on any atom is -0.496 e. The molecule has 3 nitrogen and oxygen atoms in total. The first-order valence-electron chi connectivity index (χ1n) is 5.22. The van der Waals surface area contributed by atoms with Gasteiger partial charge in [-0.25, -0.2) is 0 Å². The lowest BCUT2D eigenvalue weighted by atomic mass is 10.1. The van der Waals surface area contributed by atoms with Crippen molar-refractivity contribution in [1.82, 2.24) is 0 Å². The third-order valence-electron chi connectivity index (χ3n) is 2.09. The van der Waals surface area contributed by atoms with Gasteiger partial charge in [-0.15, -0.1) is 0 Å². The van der Waals surface area contributed by atoms with E-state index in [-0.39, 0.29) is 18.4 Å². The zero-order chi connectivity index (χ0) is 13.9. The minimum atomic E-state index is -4.60. The van der Waals surface area contributed by atoms with Crippen LogP contribution in [0.4, 0.5) is 13.2 Å². The monoisotopic (exact) mass is 249 g/mol. The van der Waals surface area contributed by atoms with E-state index in [4.69, 9.17) is 6.48 Å². The van der Waals surface area contributed by atoms with E-state index in [1.807, 2.05) is 0 Å². The summed E-state index contributed by atoms with van der Waals surface area (Å²) in [6.07, 6.45) is -4.87. The van der Waals surface area contributed by atoms with Crippen molar-refractivity contribution in [2.75, 3.05) is 7.11 Å². The minimum absolute atomic E-state index is 0.0112. The Hall–Kier alpha value is -1.72. The average molecular weight is 249 g/mol. The third-order valence-corrected chi connectivity index (χ3v) is 2.09. The van der Waals surface area contributed by atoms with Crippen LogP contribution in [0.15, 0.2) is 18.2 Å². The number of benzene rings is 1. The number of ether oxygens (including phenoxy) is 1. The van der Waals surface area contributed by atoms with Gasteiger partial charge in [0.15, 0.2) is 0 Å². The normalized spacial score (nSPS) is 12.1. The summed E-state index contributed by atoms with van der Waals surface area (Å²) < 4.78 is 50.0. The molecule has 6 heteroatoms. The molecule has 0 aliphatic rings. The predicted molar refractivity (Wildman–Crippen MR) is 54.0 cm³/mol. The molecular formula is C11H11F3O3. The van der Waals surface area contributed by atoms with Crippen LogP contribution in [0.1, 0.15) is 18.9 Å². The van der Waals surface area contributed by atoms with Gasteiger partial charge in [-0.2, -0.15) is 13.2 Å². The highest BCUT2D eigenvalue weighted by Crippen LogP contribution is 2.36. The van der Waals surface area contributed by atoms with Crippen molar-refractivity contribution in [1.29, 1.82) is 0 Å². The number of carboxylic acids is 1. The lowest BCUT2D eigenvalue weighted by molar-refractivity contribution is -0.139. The van der Waals surface area contributed by atoms with Gasteiger partial charge in [-0.05, 0) is 24.1 Å². The molecule has 0 fully saturated rings. The lowest BCUT2D eigenvalue weighted by Gasteiger charge is -2.12. The van der Waals surface area contributed by atoms with Crippen LogP contribution in [-0.4, -0.2) is 18.2 Å². The van der Waals surface area contributed by atoms with Crippen LogP contribution < -0.4 is 4.74 Å². The molecule has 1 aromatic rings. The van der Waals surface area contributed by atoms with Crippen LogP contribution in [0.5, 0.6) is 5.75 Å². The van der Waals surface area contributed by atoms with Crippen LogP contribution in [0, 0.1) is 0 Å². The molecule has 17 heavy (non-hydrogen) atoms. The fourth-order valence-electron chi connectivity index (χ4n) is 1.29. The average Bonchev–Trinajstić information content (AvgIpc) is 2.25. The topological polar surface area (TPSA) is 46.5 Å². The molecule has 0 atom stereocenters. The highest BCUT2D eigenvalue weighted by Gasteiger charge is 2.34. The van der Waals surface area contributed by atoms with E-state index < -0.39 is 29.5 Å². The second-order valence-electron chi connectivity index (χ2n) is 3.32. The Labute approximate surface area is 97.2 Å². The second-order valence-corrected chi connectivity index (χ2v) is 3.32. The first-order chi connectivity index (χ1) is 8.27. The zero-order valence-corrected chi connectivity index (χ0v) is 8.97. The molecule has 94 valence electrons.